The van der Waals surface area contributed by atoms with Crippen molar-refractivity contribution in [1.29, 1.82) is 0 Å². The molecule has 3 aromatic carbocycles. The minimum Gasteiger partial charge on any atom is -0.423 e. The first kappa shape index (κ1) is 24.6. The minimum atomic E-state index is -0.542. The number of hydrogen-bond donors (Lipinski definition) is 2. The van der Waals surface area contributed by atoms with E-state index >= 15 is 0 Å². The van der Waals surface area contributed by atoms with Gasteiger partial charge in [0.25, 0.3) is 5.91 Å². The first-order valence-electron chi connectivity index (χ1n) is 10.4. The fourth-order valence-electron chi connectivity index (χ4n) is 2.76. The summed E-state index contributed by atoms with van der Waals surface area (Å²) in [5.74, 6) is -0.785. The molecule has 0 aliphatic carbocycles. The third-order valence-electron chi connectivity index (χ3n) is 4.52. The lowest BCUT2D eigenvalue weighted by Crippen LogP contribution is -2.18. The standard InChI is InChI=1S/C26H22BrN3O4/c1-2-24(31)29-22-12-9-19(10-13-22)26(33)30-28-17-20-16-21(27)11-14-23(20)34-25(32)15-8-18-6-4-3-5-7-18/h3-17H,2H2,1H3,(H,29,31)(H,30,33)/b15-8+,28-17-. The summed E-state index contributed by atoms with van der Waals surface area (Å²) in [6.07, 6.45) is 4.76. The lowest BCUT2D eigenvalue weighted by Gasteiger charge is -2.07. The molecule has 172 valence electrons. The average molecular weight is 520 g/mol. The summed E-state index contributed by atoms with van der Waals surface area (Å²) >= 11 is 3.38. The highest BCUT2D eigenvalue weighted by Gasteiger charge is 2.08. The highest BCUT2D eigenvalue weighted by molar-refractivity contribution is 9.10. The molecule has 0 aliphatic rings. The molecule has 0 aliphatic heterocycles. The number of benzene rings is 3. The molecule has 34 heavy (non-hydrogen) atoms. The third kappa shape index (κ3) is 7.53. The van der Waals surface area contributed by atoms with E-state index in [-0.39, 0.29) is 5.91 Å². The number of anilines is 1. The van der Waals surface area contributed by atoms with E-state index in [0.29, 0.717) is 29.0 Å². The fourth-order valence-corrected chi connectivity index (χ4v) is 3.14. The molecule has 0 aromatic heterocycles. The average Bonchev–Trinajstić information content (AvgIpc) is 2.85. The monoisotopic (exact) mass is 519 g/mol. The summed E-state index contributed by atoms with van der Waals surface area (Å²) in [5, 5.41) is 6.70. The lowest BCUT2D eigenvalue weighted by molar-refractivity contribution is -0.128. The molecular weight excluding hydrogens is 498 g/mol. The van der Waals surface area contributed by atoms with E-state index in [1.807, 2.05) is 30.3 Å². The van der Waals surface area contributed by atoms with Crippen LogP contribution in [0.4, 0.5) is 5.69 Å². The summed E-state index contributed by atoms with van der Waals surface area (Å²) in [4.78, 5) is 36.0. The lowest BCUT2D eigenvalue weighted by atomic mass is 10.2. The van der Waals surface area contributed by atoms with Gasteiger partial charge in [-0.05, 0) is 54.1 Å². The number of rotatable bonds is 8. The van der Waals surface area contributed by atoms with Gasteiger partial charge in [-0.25, -0.2) is 10.2 Å². The molecule has 0 atom stereocenters. The number of amides is 2. The Morgan fingerprint density at radius 3 is 2.44 bits per heavy atom. The molecule has 7 nitrogen and oxygen atoms in total. The van der Waals surface area contributed by atoms with E-state index in [2.05, 4.69) is 31.8 Å². The Bertz CT molecular complexity index is 1220. The van der Waals surface area contributed by atoms with E-state index < -0.39 is 11.9 Å². The molecule has 0 spiro atoms. The van der Waals surface area contributed by atoms with Crippen LogP contribution < -0.4 is 15.5 Å². The van der Waals surface area contributed by atoms with Gasteiger partial charge in [0.1, 0.15) is 5.75 Å². The first-order valence-corrected chi connectivity index (χ1v) is 11.2. The van der Waals surface area contributed by atoms with Crippen molar-refractivity contribution >= 4 is 51.7 Å². The van der Waals surface area contributed by atoms with Crippen molar-refractivity contribution in [2.45, 2.75) is 13.3 Å². The van der Waals surface area contributed by atoms with E-state index in [1.54, 1.807) is 55.5 Å². The zero-order chi connectivity index (χ0) is 24.3. The molecular formula is C26H22BrN3O4. The van der Waals surface area contributed by atoms with Crippen LogP contribution in [0, 0.1) is 0 Å². The number of esters is 1. The number of ether oxygens (including phenoxy) is 1. The van der Waals surface area contributed by atoms with E-state index in [1.165, 1.54) is 12.3 Å². The Balaban J connectivity index is 1.63. The van der Waals surface area contributed by atoms with E-state index in [9.17, 15) is 14.4 Å². The minimum absolute atomic E-state index is 0.108. The van der Waals surface area contributed by atoms with E-state index in [0.717, 1.165) is 10.0 Å². The van der Waals surface area contributed by atoms with Crippen LogP contribution in [0.15, 0.2) is 88.4 Å². The van der Waals surface area contributed by atoms with Crippen molar-refractivity contribution in [3.05, 3.63) is 100 Å². The number of carbonyl (C=O) groups excluding carboxylic acids is 3. The van der Waals surface area contributed by atoms with Crippen molar-refractivity contribution in [2.24, 2.45) is 5.10 Å². The Morgan fingerprint density at radius 1 is 1.00 bits per heavy atom. The number of carbonyl (C=O) groups is 3. The molecule has 0 unspecified atom stereocenters. The molecule has 0 saturated heterocycles. The van der Waals surface area contributed by atoms with Gasteiger partial charge in [0, 0.05) is 33.8 Å². The van der Waals surface area contributed by atoms with Crippen LogP contribution in [-0.2, 0) is 9.59 Å². The number of halogens is 1. The van der Waals surface area contributed by atoms with Crippen LogP contribution in [0.1, 0.15) is 34.8 Å². The highest BCUT2D eigenvalue weighted by atomic mass is 79.9. The largest absolute Gasteiger partial charge is 0.423 e. The number of nitrogens with zero attached hydrogens (tertiary/aromatic N) is 1. The predicted molar refractivity (Wildman–Crippen MR) is 136 cm³/mol. The number of nitrogens with one attached hydrogen (secondary N) is 2. The van der Waals surface area contributed by atoms with Crippen LogP contribution >= 0.6 is 15.9 Å². The van der Waals surface area contributed by atoms with Gasteiger partial charge in [0.15, 0.2) is 0 Å². The second-order valence-electron chi connectivity index (χ2n) is 7.03. The van der Waals surface area contributed by atoms with Crippen LogP contribution in [0.25, 0.3) is 6.08 Å². The fraction of sp³-hybridized carbons (Fsp3) is 0.0769. The van der Waals surface area contributed by atoms with Gasteiger partial charge in [-0.15, -0.1) is 0 Å². The maximum atomic E-state index is 12.4. The second kappa shape index (κ2) is 12.3. The quantitative estimate of drug-likeness (QED) is 0.141. The molecule has 0 heterocycles. The molecule has 2 N–H and O–H groups in total. The number of hydrazone groups is 1. The second-order valence-corrected chi connectivity index (χ2v) is 7.94. The van der Waals surface area contributed by atoms with Gasteiger partial charge in [-0.1, -0.05) is 53.2 Å². The molecule has 0 bridgehead atoms. The normalized spacial score (nSPS) is 10.9. The zero-order valence-electron chi connectivity index (χ0n) is 18.3. The highest BCUT2D eigenvalue weighted by Crippen LogP contribution is 2.22. The summed E-state index contributed by atoms with van der Waals surface area (Å²) in [7, 11) is 0. The summed E-state index contributed by atoms with van der Waals surface area (Å²) in [6.45, 7) is 1.76. The van der Waals surface area contributed by atoms with Gasteiger partial charge in [-0.3, -0.25) is 9.59 Å². The Kier molecular flexibility index (Phi) is 8.88. The molecule has 3 aromatic rings. The van der Waals surface area contributed by atoms with E-state index in [4.69, 9.17) is 4.74 Å². The predicted octanol–water partition coefficient (Wildman–Crippen LogP) is 5.18. The molecule has 3 rings (SSSR count). The van der Waals surface area contributed by atoms with Crippen LogP contribution in [-0.4, -0.2) is 24.0 Å². The van der Waals surface area contributed by atoms with Gasteiger partial charge in [-0.2, -0.15) is 5.10 Å². The number of hydrogen-bond acceptors (Lipinski definition) is 5. The Hall–Kier alpha value is -4.04. The topological polar surface area (TPSA) is 96.9 Å². The van der Waals surface area contributed by atoms with Crippen molar-refractivity contribution in [1.82, 2.24) is 5.43 Å². The van der Waals surface area contributed by atoms with Crippen LogP contribution in [0.3, 0.4) is 0 Å². The molecule has 0 saturated carbocycles. The maximum absolute atomic E-state index is 12.4. The van der Waals surface area contributed by atoms with Crippen molar-refractivity contribution in [2.75, 3.05) is 5.32 Å². The Morgan fingerprint density at radius 2 is 1.74 bits per heavy atom. The van der Waals surface area contributed by atoms with Crippen LogP contribution in [0.5, 0.6) is 5.75 Å². The van der Waals surface area contributed by atoms with Crippen molar-refractivity contribution < 1.29 is 19.1 Å². The molecule has 8 heteroatoms. The summed E-state index contributed by atoms with van der Waals surface area (Å²) in [5.41, 5.74) is 4.79. The summed E-state index contributed by atoms with van der Waals surface area (Å²) < 4.78 is 6.19. The smallest absolute Gasteiger partial charge is 0.336 e. The Labute approximate surface area is 205 Å². The SMILES string of the molecule is CCC(=O)Nc1ccc(C(=O)N/N=C\c2cc(Br)ccc2OC(=O)/C=C/c2ccccc2)cc1. The zero-order valence-corrected chi connectivity index (χ0v) is 19.9. The summed E-state index contributed by atoms with van der Waals surface area (Å²) in [6, 6.07) is 20.9. The van der Waals surface area contributed by atoms with Gasteiger partial charge in [0.2, 0.25) is 5.91 Å². The molecule has 0 radical (unpaired) electrons. The van der Waals surface area contributed by atoms with Gasteiger partial charge in [0.05, 0.1) is 6.21 Å². The maximum Gasteiger partial charge on any atom is 0.336 e. The van der Waals surface area contributed by atoms with Gasteiger partial charge >= 0.3 is 5.97 Å². The van der Waals surface area contributed by atoms with Crippen molar-refractivity contribution in [3.8, 4) is 5.75 Å². The van der Waals surface area contributed by atoms with Crippen molar-refractivity contribution in [3.63, 3.8) is 0 Å². The van der Waals surface area contributed by atoms with Gasteiger partial charge < -0.3 is 10.1 Å². The first-order chi connectivity index (χ1) is 16.4. The van der Waals surface area contributed by atoms with Crippen LogP contribution in [0.2, 0.25) is 0 Å². The third-order valence-corrected chi connectivity index (χ3v) is 5.01. The molecule has 2 amide bonds. The molecule has 0 fully saturated rings.